The number of esters is 1. The molecule has 7 nitrogen and oxygen atoms in total. The Labute approximate surface area is 259 Å². The summed E-state index contributed by atoms with van der Waals surface area (Å²) in [5.41, 5.74) is 0.608. The first kappa shape index (κ1) is 31.5. The molecule has 0 N–H and O–H groups in total. The lowest BCUT2D eigenvalue weighted by Crippen LogP contribution is -2.50. The van der Waals surface area contributed by atoms with Crippen molar-refractivity contribution in [1.82, 2.24) is 4.90 Å². The Bertz CT molecular complexity index is 1730. The number of ether oxygens (including phenoxy) is 1. The van der Waals surface area contributed by atoms with E-state index in [9.17, 15) is 32.8 Å². The number of nitrogens with zero attached hydrogens (tertiary/aromatic N) is 3. The average molecular weight is 616 g/mol. The number of hydrogen-bond acceptors (Lipinski definition) is 5. The lowest BCUT2D eigenvalue weighted by atomic mass is 9.87. The zero-order valence-corrected chi connectivity index (χ0v) is 25.3. The fourth-order valence-electron chi connectivity index (χ4n) is 5.44. The molecule has 0 radical (unpaired) electrons. The summed E-state index contributed by atoms with van der Waals surface area (Å²) < 4.78 is 46.7. The van der Waals surface area contributed by atoms with Crippen molar-refractivity contribution < 1.29 is 32.3 Å². The predicted octanol–water partition coefficient (Wildman–Crippen LogP) is 7.97. The van der Waals surface area contributed by atoms with Crippen molar-refractivity contribution in [3.05, 3.63) is 112 Å². The highest BCUT2D eigenvalue weighted by Gasteiger charge is 2.46. The SMILES string of the molecule is CC1=C(C(=O)C2CC2)C(c2ccc(C#N)cc2)N(Cc2cccc(C(=O)OC(C)(C)C)c2)C(=O)N1c1cccc(C(F)(F)F)c1. The molecule has 3 aromatic rings. The van der Waals surface area contributed by atoms with Gasteiger partial charge in [0.25, 0.3) is 0 Å². The molecule has 0 saturated heterocycles. The van der Waals surface area contributed by atoms with E-state index >= 15 is 0 Å². The third kappa shape index (κ3) is 6.78. The summed E-state index contributed by atoms with van der Waals surface area (Å²) in [5, 5.41) is 9.37. The van der Waals surface area contributed by atoms with Crippen LogP contribution in [0.1, 0.15) is 79.2 Å². The molecule has 5 rings (SSSR count). The van der Waals surface area contributed by atoms with Crippen LogP contribution in [-0.4, -0.2) is 28.3 Å². The van der Waals surface area contributed by atoms with E-state index in [0.29, 0.717) is 35.1 Å². The van der Waals surface area contributed by atoms with E-state index in [1.807, 2.05) is 0 Å². The molecule has 2 aliphatic rings. The van der Waals surface area contributed by atoms with Gasteiger partial charge in [-0.15, -0.1) is 0 Å². The maximum Gasteiger partial charge on any atom is 0.416 e. The molecule has 1 heterocycles. The number of allylic oxidation sites excluding steroid dienone is 1. The van der Waals surface area contributed by atoms with Crippen LogP contribution in [-0.2, 0) is 22.3 Å². The molecular formula is C35H32F3N3O4. The highest BCUT2D eigenvalue weighted by atomic mass is 19.4. The summed E-state index contributed by atoms with van der Waals surface area (Å²) in [6, 6.07) is 18.1. The van der Waals surface area contributed by atoms with Crippen molar-refractivity contribution in [3.8, 4) is 6.07 Å². The van der Waals surface area contributed by atoms with Crippen LogP contribution in [0.3, 0.4) is 0 Å². The number of nitriles is 1. The van der Waals surface area contributed by atoms with Crippen molar-refractivity contribution in [3.63, 3.8) is 0 Å². The molecule has 45 heavy (non-hydrogen) atoms. The number of rotatable bonds is 7. The number of urea groups is 1. The summed E-state index contributed by atoms with van der Waals surface area (Å²) in [5.74, 6) is -0.993. The van der Waals surface area contributed by atoms with Crippen LogP contribution >= 0.6 is 0 Å². The van der Waals surface area contributed by atoms with Gasteiger partial charge >= 0.3 is 18.2 Å². The van der Waals surface area contributed by atoms with Crippen LogP contribution in [0, 0.1) is 17.2 Å². The Morgan fingerprint density at radius 2 is 1.64 bits per heavy atom. The fraction of sp³-hybridized carbons (Fsp3) is 0.314. The van der Waals surface area contributed by atoms with Crippen LogP contribution in [0.2, 0.25) is 0 Å². The van der Waals surface area contributed by atoms with Crippen molar-refractivity contribution in [2.24, 2.45) is 5.92 Å². The van der Waals surface area contributed by atoms with Gasteiger partial charge in [-0.25, -0.2) is 9.59 Å². The maximum absolute atomic E-state index is 14.4. The molecule has 1 fully saturated rings. The van der Waals surface area contributed by atoms with Gasteiger partial charge in [0.15, 0.2) is 5.78 Å². The molecule has 232 valence electrons. The first-order valence-corrected chi connectivity index (χ1v) is 14.5. The predicted molar refractivity (Wildman–Crippen MR) is 161 cm³/mol. The topological polar surface area (TPSA) is 90.7 Å². The Morgan fingerprint density at radius 3 is 2.24 bits per heavy atom. The quantitative estimate of drug-likeness (QED) is 0.252. The summed E-state index contributed by atoms with van der Waals surface area (Å²) in [4.78, 5) is 43.8. The third-order valence-corrected chi connectivity index (χ3v) is 7.66. The maximum atomic E-state index is 14.4. The highest BCUT2D eigenvalue weighted by Crippen LogP contribution is 2.45. The van der Waals surface area contributed by atoms with E-state index in [4.69, 9.17) is 4.74 Å². The lowest BCUT2D eigenvalue weighted by Gasteiger charge is -2.43. The van der Waals surface area contributed by atoms with Crippen LogP contribution in [0.4, 0.5) is 23.7 Å². The van der Waals surface area contributed by atoms with Crippen molar-refractivity contribution in [1.29, 1.82) is 5.26 Å². The number of carbonyl (C=O) groups is 3. The number of benzene rings is 3. The van der Waals surface area contributed by atoms with Gasteiger partial charge < -0.3 is 9.64 Å². The summed E-state index contributed by atoms with van der Waals surface area (Å²) in [7, 11) is 0. The van der Waals surface area contributed by atoms with E-state index in [-0.39, 0.29) is 35.2 Å². The van der Waals surface area contributed by atoms with Crippen LogP contribution in [0.15, 0.2) is 84.1 Å². The Morgan fingerprint density at radius 1 is 0.978 bits per heavy atom. The minimum Gasteiger partial charge on any atom is -0.456 e. The summed E-state index contributed by atoms with van der Waals surface area (Å²) in [6.45, 7) is 6.74. The van der Waals surface area contributed by atoms with Crippen molar-refractivity contribution in [2.75, 3.05) is 4.90 Å². The number of anilines is 1. The number of hydrogen-bond donors (Lipinski definition) is 0. The second-order valence-corrected chi connectivity index (χ2v) is 12.3. The number of carbonyl (C=O) groups excluding carboxylic acids is 3. The number of amides is 2. The van der Waals surface area contributed by atoms with Crippen LogP contribution in [0.25, 0.3) is 0 Å². The molecule has 10 heteroatoms. The van der Waals surface area contributed by atoms with E-state index in [1.165, 1.54) is 17.0 Å². The Hall–Kier alpha value is -4.91. The van der Waals surface area contributed by atoms with Gasteiger partial charge in [-0.05, 0) is 94.1 Å². The molecule has 1 aliphatic carbocycles. The van der Waals surface area contributed by atoms with Gasteiger partial charge in [0.2, 0.25) is 0 Å². The highest BCUT2D eigenvalue weighted by molar-refractivity contribution is 6.07. The molecule has 2 amide bonds. The number of halogens is 3. The van der Waals surface area contributed by atoms with Gasteiger partial charge in [0.05, 0.1) is 34.5 Å². The van der Waals surface area contributed by atoms with Crippen LogP contribution in [0.5, 0.6) is 0 Å². The normalized spacial score (nSPS) is 17.3. The number of alkyl halides is 3. The Balaban J connectivity index is 1.67. The molecule has 0 aromatic heterocycles. The monoisotopic (exact) mass is 615 g/mol. The fourth-order valence-corrected chi connectivity index (χ4v) is 5.44. The third-order valence-electron chi connectivity index (χ3n) is 7.66. The molecule has 0 bridgehead atoms. The smallest absolute Gasteiger partial charge is 0.416 e. The van der Waals surface area contributed by atoms with Gasteiger partial charge in [0, 0.05) is 23.7 Å². The second kappa shape index (κ2) is 11.9. The molecular weight excluding hydrogens is 583 g/mol. The molecule has 3 aromatic carbocycles. The van der Waals surface area contributed by atoms with Gasteiger partial charge in [-0.1, -0.05) is 30.3 Å². The van der Waals surface area contributed by atoms with Gasteiger partial charge in [-0.2, -0.15) is 18.4 Å². The number of ketones is 1. The van der Waals surface area contributed by atoms with E-state index in [0.717, 1.165) is 17.0 Å². The van der Waals surface area contributed by atoms with Crippen molar-refractivity contribution in [2.45, 2.75) is 64.9 Å². The summed E-state index contributed by atoms with van der Waals surface area (Å²) >= 11 is 0. The second-order valence-electron chi connectivity index (χ2n) is 12.3. The zero-order chi connectivity index (χ0) is 32.7. The molecule has 0 spiro atoms. The molecule has 1 saturated carbocycles. The Kier molecular flexibility index (Phi) is 8.32. The van der Waals surface area contributed by atoms with E-state index in [2.05, 4.69) is 6.07 Å². The first-order valence-electron chi connectivity index (χ1n) is 14.5. The largest absolute Gasteiger partial charge is 0.456 e. The minimum absolute atomic E-state index is 0.0285. The molecule has 1 atom stereocenters. The minimum atomic E-state index is -4.65. The number of Topliss-reactive ketones (excluding diaryl/α,β-unsaturated/α-hetero) is 1. The standard InChI is InChI=1S/C35H32F3N3O4/c1-21-29(31(42)25-15-16-25)30(24-13-11-22(19-39)12-14-24)40(20-23-7-5-8-26(17-23)32(43)45-34(2,3)4)33(44)41(21)28-10-6-9-27(18-28)35(36,37)38/h5-14,17-18,25,30H,15-16,20H2,1-4H3. The molecule has 1 aliphatic heterocycles. The van der Waals surface area contributed by atoms with E-state index < -0.39 is 35.4 Å². The van der Waals surface area contributed by atoms with Gasteiger partial charge in [-0.3, -0.25) is 9.69 Å². The van der Waals surface area contributed by atoms with Crippen LogP contribution < -0.4 is 4.90 Å². The first-order chi connectivity index (χ1) is 21.2. The molecule has 1 unspecified atom stereocenters. The van der Waals surface area contributed by atoms with Crippen molar-refractivity contribution >= 4 is 23.5 Å². The van der Waals surface area contributed by atoms with E-state index in [1.54, 1.807) is 76.2 Å². The summed E-state index contributed by atoms with van der Waals surface area (Å²) in [6.07, 6.45) is -3.30. The zero-order valence-electron chi connectivity index (χ0n) is 25.3. The lowest BCUT2D eigenvalue weighted by molar-refractivity contribution is -0.137. The average Bonchev–Trinajstić information content (AvgIpc) is 3.83. The van der Waals surface area contributed by atoms with Gasteiger partial charge in [0.1, 0.15) is 5.60 Å².